The van der Waals surface area contributed by atoms with Crippen LogP contribution in [-0.4, -0.2) is 49.7 Å². The van der Waals surface area contributed by atoms with E-state index in [0.29, 0.717) is 6.04 Å². The number of nitrogens with zero attached hydrogens (tertiary/aromatic N) is 1. The van der Waals surface area contributed by atoms with E-state index in [1.807, 2.05) is 11.9 Å². The number of ether oxygens (including phenoxy) is 1. The molecule has 1 amide bonds. The predicted molar refractivity (Wildman–Crippen MR) is 69.5 cm³/mol. The summed E-state index contributed by atoms with van der Waals surface area (Å²) in [4.78, 5) is 14.1. The fraction of sp³-hybridized carbons (Fsp3) is 0.917. The van der Waals surface area contributed by atoms with Crippen LogP contribution in [0.2, 0.25) is 0 Å². The average molecular weight is 263 g/mol. The van der Waals surface area contributed by atoms with Crippen molar-refractivity contribution in [1.29, 1.82) is 0 Å². The van der Waals surface area contributed by atoms with Gasteiger partial charge in [0.25, 0.3) is 5.91 Å². The third-order valence-electron chi connectivity index (χ3n) is 3.67. The quantitative estimate of drug-likeness (QED) is 0.813. The molecule has 0 aromatic heterocycles. The zero-order valence-corrected chi connectivity index (χ0v) is 11.3. The fourth-order valence-electron chi connectivity index (χ4n) is 2.53. The number of rotatable bonds is 2. The van der Waals surface area contributed by atoms with Gasteiger partial charge in [-0.1, -0.05) is 0 Å². The summed E-state index contributed by atoms with van der Waals surface area (Å²) in [5.41, 5.74) is 0. The topological polar surface area (TPSA) is 41.6 Å². The molecule has 2 heterocycles. The predicted octanol–water partition coefficient (Wildman–Crippen LogP) is 1.19. The summed E-state index contributed by atoms with van der Waals surface area (Å²) in [5.74, 6) is 0.217. The van der Waals surface area contributed by atoms with E-state index < -0.39 is 0 Å². The molecule has 2 aliphatic heterocycles. The molecule has 2 fully saturated rings. The summed E-state index contributed by atoms with van der Waals surface area (Å²) in [7, 11) is 1.99. The Kier molecular flexibility index (Phi) is 6.23. The minimum atomic E-state index is -0.153. The van der Waals surface area contributed by atoms with Crippen molar-refractivity contribution >= 4 is 18.3 Å². The molecule has 2 saturated heterocycles. The number of halogens is 1. The molecule has 2 rings (SSSR count). The lowest BCUT2D eigenvalue weighted by Crippen LogP contribution is -2.48. The van der Waals surface area contributed by atoms with Gasteiger partial charge in [-0.25, -0.2) is 0 Å². The number of hydrogen-bond donors (Lipinski definition) is 1. The Hall–Kier alpha value is -0.320. The van der Waals surface area contributed by atoms with Crippen LogP contribution in [0.1, 0.15) is 32.1 Å². The number of nitrogens with one attached hydrogen (secondary N) is 1. The van der Waals surface area contributed by atoms with Gasteiger partial charge in [0.05, 0.1) is 0 Å². The minimum Gasteiger partial charge on any atom is -0.368 e. The van der Waals surface area contributed by atoms with E-state index in [1.165, 1.54) is 0 Å². The van der Waals surface area contributed by atoms with E-state index in [4.69, 9.17) is 4.74 Å². The van der Waals surface area contributed by atoms with Gasteiger partial charge >= 0.3 is 0 Å². The standard InChI is InChI=1S/C12H22N2O2.ClH/c1-13-10-5-7-14(8-6-10)12(15)11-4-2-3-9-16-11;/h10-11,13H,2-9H2,1H3;1H. The number of amides is 1. The van der Waals surface area contributed by atoms with Crippen LogP contribution in [-0.2, 0) is 9.53 Å². The highest BCUT2D eigenvalue weighted by molar-refractivity contribution is 5.85. The molecule has 100 valence electrons. The lowest BCUT2D eigenvalue weighted by atomic mass is 10.0. The van der Waals surface area contributed by atoms with Crippen molar-refractivity contribution in [3.8, 4) is 0 Å². The van der Waals surface area contributed by atoms with Gasteiger partial charge in [-0.15, -0.1) is 12.4 Å². The van der Waals surface area contributed by atoms with Crippen molar-refractivity contribution in [3.63, 3.8) is 0 Å². The van der Waals surface area contributed by atoms with Gasteiger partial charge in [0.15, 0.2) is 0 Å². The molecule has 2 aliphatic rings. The molecule has 4 nitrogen and oxygen atoms in total. The summed E-state index contributed by atoms with van der Waals surface area (Å²) >= 11 is 0. The van der Waals surface area contributed by atoms with Crippen LogP contribution in [0.3, 0.4) is 0 Å². The summed E-state index contributed by atoms with van der Waals surface area (Å²) in [6, 6.07) is 0.580. The first-order chi connectivity index (χ1) is 7.81. The van der Waals surface area contributed by atoms with Crippen LogP contribution < -0.4 is 5.32 Å². The van der Waals surface area contributed by atoms with Crippen LogP contribution in [0.5, 0.6) is 0 Å². The monoisotopic (exact) mass is 262 g/mol. The zero-order chi connectivity index (χ0) is 11.4. The summed E-state index contributed by atoms with van der Waals surface area (Å²) < 4.78 is 5.54. The highest BCUT2D eigenvalue weighted by atomic mass is 35.5. The second-order valence-electron chi connectivity index (χ2n) is 4.74. The molecule has 1 N–H and O–H groups in total. The average Bonchev–Trinajstić information content (AvgIpc) is 2.39. The molecule has 17 heavy (non-hydrogen) atoms. The first-order valence-corrected chi connectivity index (χ1v) is 6.39. The van der Waals surface area contributed by atoms with Gasteiger partial charge < -0.3 is 15.0 Å². The Labute approximate surface area is 109 Å². The zero-order valence-electron chi connectivity index (χ0n) is 10.5. The van der Waals surface area contributed by atoms with Crippen molar-refractivity contribution in [2.45, 2.75) is 44.2 Å². The van der Waals surface area contributed by atoms with Gasteiger partial charge in [0.1, 0.15) is 6.10 Å². The van der Waals surface area contributed by atoms with Crippen molar-refractivity contribution in [2.75, 3.05) is 26.7 Å². The van der Waals surface area contributed by atoms with E-state index in [9.17, 15) is 4.79 Å². The van der Waals surface area contributed by atoms with Gasteiger partial charge in [-0.3, -0.25) is 4.79 Å². The molecule has 0 bridgehead atoms. The SMILES string of the molecule is CNC1CCN(C(=O)C2CCCCO2)CC1.Cl. The smallest absolute Gasteiger partial charge is 0.251 e. The molecule has 0 radical (unpaired) electrons. The number of likely N-dealkylation sites (tertiary alicyclic amines) is 1. The van der Waals surface area contributed by atoms with Gasteiger partial charge in [-0.05, 0) is 39.2 Å². The first kappa shape index (κ1) is 14.7. The lowest BCUT2D eigenvalue weighted by Gasteiger charge is -2.34. The van der Waals surface area contributed by atoms with E-state index in [1.54, 1.807) is 0 Å². The molecular formula is C12H23ClN2O2. The van der Waals surface area contributed by atoms with Crippen molar-refractivity contribution in [3.05, 3.63) is 0 Å². The Bertz CT molecular complexity index is 237. The molecule has 1 unspecified atom stereocenters. The highest BCUT2D eigenvalue weighted by Gasteiger charge is 2.29. The normalized spacial score (nSPS) is 26.4. The maximum atomic E-state index is 12.1. The van der Waals surface area contributed by atoms with Crippen molar-refractivity contribution in [1.82, 2.24) is 10.2 Å². The van der Waals surface area contributed by atoms with Crippen molar-refractivity contribution < 1.29 is 9.53 Å². The molecular weight excluding hydrogens is 240 g/mol. The van der Waals surface area contributed by atoms with Crippen LogP contribution in [0.15, 0.2) is 0 Å². The first-order valence-electron chi connectivity index (χ1n) is 6.39. The molecule has 5 heteroatoms. The number of piperidine rings is 1. The number of hydrogen-bond acceptors (Lipinski definition) is 3. The summed E-state index contributed by atoms with van der Waals surface area (Å²) in [6.45, 7) is 2.51. The fourth-order valence-corrected chi connectivity index (χ4v) is 2.53. The molecule has 0 aliphatic carbocycles. The summed E-state index contributed by atoms with van der Waals surface area (Å²) in [5, 5.41) is 3.27. The maximum Gasteiger partial charge on any atom is 0.251 e. The van der Waals surface area contributed by atoms with Gasteiger partial charge in [-0.2, -0.15) is 0 Å². The number of carbonyl (C=O) groups is 1. The third-order valence-corrected chi connectivity index (χ3v) is 3.67. The molecule has 0 spiro atoms. The number of carbonyl (C=O) groups excluding carboxylic acids is 1. The van der Waals surface area contributed by atoms with E-state index in [0.717, 1.165) is 51.8 Å². The molecule has 0 aromatic rings. The highest BCUT2D eigenvalue weighted by Crippen LogP contribution is 2.18. The van der Waals surface area contributed by atoms with E-state index in [2.05, 4.69) is 5.32 Å². The van der Waals surface area contributed by atoms with Gasteiger partial charge in [0, 0.05) is 25.7 Å². The lowest BCUT2D eigenvalue weighted by molar-refractivity contribution is -0.147. The maximum absolute atomic E-state index is 12.1. The van der Waals surface area contributed by atoms with E-state index >= 15 is 0 Å². The van der Waals surface area contributed by atoms with Crippen LogP contribution in [0.25, 0.3) is 0 Å². The van der Waals surface area contributed by atoms with E-state index in [-0.39, 0.29) is 24.4 Å². The second-order valence-corrected chi connectivity index (χ2v) is 4.74. The Morgan fingerprint density at radius 2 is 1.94 bits per heavy atom. The molecule has 0 saturated carbocycles. The van der Waals surface area contributed by atoms with Crippen molar-refractivity contribution in [2.24, 2.45) is 0 Å². The van der Waals surface area contributed by atoms with Crippen LogP contribution in [0.4, 0.5) is 0 Å². The summed E-state index contributed by atoms with van der Waals surface area (Å²) in [6.07, 6.45) is 5.11. The van der Waals surface area contributed by atoms with Crippen LogP contribution >= 0.6 is 12.4 Å². The molecule has 0 aromatic carbocycles. The minimum absolute atomic E-state index is 0. The Balaban J connectivity index is 0.00000144. The van der Waals surface area contributed by atoms with Crippen LogP contribution in [0, 0.1) is 0 Å². The second kappa shape index (κ2) is 7.19. The Morgan fingerprint density at radius 1 is 1.24 bits per heavy atom. The van der Waals surface area contributed by atoms with Gasteiger partial charge in [0.2, 0.25) is 0 Å². The Morgan fingerprint density at radius 3 is 2.47 bits per heavy atom. The third kappa shape index (κ3) is 3.83. The molecule has 1 atom stereocenters. The largest absolute Gasteiger partial charge is 0.368 e.